The summed E-state index contributed by atoms with van der Waals surface area (Å²) in [6, 6.07) is 9.29. The topological polar surface area (TPSA) is 80.0 Å². The molecule has 24 heavy (non-hydrogen) atoms. The van der Waals surface area contributed by atoms with Crippen LogP contribution in [-0.4, -0.2) is 16.0 Å². The monoisotopic (exact) mass is 322 g/mol. The molecule has 0 bridgehead atoms. The third-order valence-electron chi connectivity index (χ3n) is 3.67. The summed E-state index contributed by atoms with van der Waals surface area (Å²) in [5.74, 6) is 1.06. The smallest absolute Gasteiger partial charge is 0.257 e. The van der Waals surface area contributed by atoms with Gasteiger partial charge in [0.05, 0.1) is 17.4 Å². The van der Waals surface area contributed by atoms with Gasteiger partial charge < -0.3 is 15.2 Å². The molecular weight excluding hydrogens is 304 g/mol. The molecule has 3 aromatic rings. The van der Waals surface area contributed by atoms with Crippen LogP contribution in [0.15, 0.2) is 47.2 Å². The number of carbonyl (C=O) groups excluding carboxylic acids is 1. The van der Waals surface area contributed by atoms with Crippen molar-refractivity contribution in [3.8, 4) is 0 Å². The molecule has 6 heteroatoms. The van der Waals surface area contributed by atoms with Crippen molar-refractivity contribution in [2.45, 2.75) is 20.8 Å². The minimum absolute atomic E-state index is 0.217. The molecule has 1 aromatic carbocycles. The van der Waals surface area contributed by atoms with E-state index in [1.807, 2.05) is 39.0 Å². The van der Waals surface area contributed by atoms with E-state index in [-0.39, 0.29) is 5.91 Å². The Labute approximate surface area is 139 Å². The SMILES string of the molecule is Cc1cc(Nc2cncc(C(=O)Nc3ccc(C)c(C)c3)c2)no1. The minimum Gasteiger partial charge on any atom is -0.360 e. The second-order valence-electron chi connectivity index (χ2n) is 5.66. The first-order valence-corrected chi connectivity index (χ1v) is 7.55. The lowest BCUT2D eigenvalue weighted by Crippen LogP contribution is -2.12. The molecule has 6 nitrogen and oxygen atoms in total. The highest BCUT2D eigenvalue weighted by Gasteiger charge is 2.09. The number of hydrogen-bond acceptors (Lipinski definition) is 5. The molecule has 0 atom stereocenters. The maximum atomic E-state index is 12.4. The maximum Gasteiger partial charge on any atom is 0.257 e. The third-order valence-corrected chi connectivity index (χ3v) is 3.67. The largest absolute Gasteiger partial charge is 0.360 e. The van der Waals surface area contributed by atoms with Gasteiger partial charge in [-0.1, -0.05) is 11.2 Å². The van der Waals surface area contributed by atoms with Crippen LogP contribution in [-0.2, 0) is 0 Å². The van der Waals surface area contributed by atoms with Crippen molar-refractivity contribution in [1.29, 1.82) is 0 Å². The lowest BCUT2D eigenvalue weighted by Gasteiger charge is -2.08. The molecule has 0 saturated carbocycles. The van der Waals surface area contributed by atoms with Gasteiger partial charge >= 0.3 is 0 Å². The number of aryl methyl sites for hydroxylation is 3. The van der Waals surface area contributed by atoms with Crippen molar-refractivity contribution in [2.24, 2.45) is 0 Å². The van der Waals surface area contributed by atoms with E-state index in [0.717, 1.165) is 11.3 Å². The van der Waals surface area contributed by atoms with Gasteiger partial charge in [0.2, 0.25) is 0 Å². The van der Waals surface area contributed by atoms with Gasteiger partial charge in [-0.15, -0.1) is 0 Å². The van der Waals surface area contributed by atoms with E-state index in [1.165, 1.54) is 11.8 Å². The van der Waals surface area contributed by atoms with Gasteiger partial charge in [-0.25, -0.2) is 0 Å². The van der Waals surface area contributed by atoms with Crippen LogP contribution in [0.25, 0.3) is 0 Å². The molecule has 0 aliphatic rings. The minimum atomic E-state index is -0.217. The zero-order chi connectivity index (χ0) is 17.1. The van der Waals surface area contributed by atoms with E-state index in [9.17, 15) is 4.79 Å². The van der Waals surface area contributed by atoms with Crippen LogP contribution < -0.4 is 10.6 Å². The fraction of sp³-hybridized carbons (Fsp3) is 0.167. The van der Waals surface area contributed by atoms with Crippen LogP contribution in [0.1, 0.15) is 27.2 Å². The average molecular weight is 322 g/mol. The van der Waals surface area contributed by atoms with Gasteiger partial charge in [0.25, 0.3) is 5.91 Å². The first-order chi connectivity index (χ1) is 11.5. The standard InChI is InChI=1S/C18H18N4O2/c1-11-4-5-15(6-12(11)2)21-18(23)14-8-16(10-19-9-14)20-17-7-13(3)24-22-17/h4-10H,1-3H3,(H,20,22)(H,21,23). The molecule has 0 aliphatic heterocycles. The summed E-state index contributed by atoms with van der Waals surface area (Å²) in [7, 11) is 0. The van der Waals surface area contributed by atoms with Crippen molar-refractivity contribution in [3.05, 3.63) is 65.2 Å². The Balaban J connectivity index is 1.75. The van der Waals surface area contributed by atoms with Crippen molar-refractivity contribution in [3.63, 3.8) is 0 Å². The molecule has 2 aromatic heterocycles. The number of nitrogens with one attached hydrogen (secondary N) is 2. The first-order valence-electron chi connectivity index (χ1n) is 7.55. The molecule has 2 N–H and O–H groups in total. The van der Waals surface area contributed by atoms with Crippen LogP contribution in [0.5, 0.6) is 0 Å². The molecule has 1 amide bonds. The fourth-order valence-corrected chi connectivity index (χ4v) is 2.23. The normalized spacial score (nSPS) is 10.5. The molecule has 3 rings (SSSR count). The maximum absolute atomic E-state index is 12.4. The number of carbonyl (C=O) groups is 1. The van der Waals surface area contributed by atoms with Crippen LogP contribution in [0.2, 0.25) is 0 Å². The zero-order valence-electron chi connectivity index (χ0n) is 13.8. The number of hydrogen-bond donors (Lipinski definition) is 2. The van der Waals surface area contributed by atoms with Crippen molar-refractivity contribution in [2.75, 3.05) is 10.6 Å². The van der Waals surface area contributed by atoms with Gasteiger partial charge in [-0.2, -0.15) is 0 Å². The summed E-state index contributed by atoms with van der Waals surface area (Å²) in [6.07, 6.45) is 3.15. The van der Waals surface area contributed by atoms with Crippen LogP contribution in [0.4, 0.5) is 17.2 Å². The molecule has 0 spiro atoms. The fourth-order valence-electron chi connectivity index (χ4n) is 2.23. The van der Waals surface area contributed by atoms with Gasteiger partial charge in [-0.05, 0) is 50.1 Å². The van der Waals surface area contributed by atoms with Gasteiger partial charge in [0.1, 0.15) is 5.76 Å². The number of pyridine rings is 1. The Morgan fingerprint density at radius 2 is 1.83 bits per heavy atom. The highest BCUT2D eigenvalue weighted by atomic mass is 16.5. The van der Waals surface area contributed by atoms with Crippen LogP contribution >= 0.6 is 0 Å². The van der Waals surface area contributed by atoms with E-state index in [2.05, 4.69) is 20.8 Å². The third kappa shape index (κ3) is 3.60. The molecule has 0 saturated heterocycles. The Hall–Kier alpha value is -3.15. The van der Waals surface area contributed by atoms with E-state index in [1.54, 1.807) is 18.3 Å². The Morgan fingerprint density at radius 3 is 2.54 bits per heavy atom. The molecule has 0 radical (unpaired) electrons. The number of aromatic nitrogens is 2. The molecule has 0 aliphatic carbocycles. The van der Waals surface area contributed by atoms with E-state index >= 15 is 0 Å². The summed E-state index contributed by atoms with van der Waals surface area (Å²) < 4.78 is 5.00. The summed E-state index contributed by atoms with van der Waals surface area (Å²) in [6.45, 7) is 5.85. The molecule has 2 heterocycles. The lowest BCUT2D eigenvalue weighted by molar-refractivity contribution is 0.102. The lowest BCUT2D eigenvalue weighted by atomic mass is 10.1. The van der Waals surface area contributed by atoms with Gasteiger partial charge in [0.15, 0.2) is 5.82 Å². The second kappa shape index (κ2) is 6.54. The zero-order valence-corrected chi connectivity index (χ0v) is 13.8. The number of anilines is 3. The molecule has 0 unspecified atom stereocenters. The predicted octanol–water partition coefficient (Wildman–Crippen LogP) is 3.99. The Kier molecular flexibility index (Phi) is 4.29. The first kappa shape index (κ1) is 15.7. The average Bonchev–Trinajstić information content (AvgIpc) is 2.96. The second-order valence-corrected chi connectivity index (χ2v) is 5.66. The molecule has 122 valence electrons. The number of rotatable bonds is 4. The predicted molar refractivity (Wildman–Crippen MR) is 92.6 cm³/mol. The highest BCUT2D eigenvalue weighted by Crippen LogP contribution is 2.18. The van der Waals surface area contributed by atoms with Crippen LogP contribution in [0, 0.1) is 20.8 Å². The number of nitrogens with zero attached hydrogens (tertiary/aromatic N) is 2. The van der Waals surface area contributed by atoms with Gasteiger partial charge in [0, 0.05) is 18.0 Å². The summed E-state index contributed by atoms with van der Waals surface area (Å²) in [5.41, 5.74) is 4.19. The summed E-state index contributed by atoms with van der Waals surface area (Å²) in [5, 5.41) is 9.79. The highest BCUT2D eigenvalue weighted by molar-refractivity contribution is 6.04. The quantitative estimate of drug-likeness (QED) is 0.759. The number of benzene rings is 1. The Bertz CT molecular complexity index is 886. The molecule has 0 fully saturated rings. The van der Waals surface area contributed by atoms with E-state index < -0.39 is 0 Å². The van der Waals surface area contributed by atoms with E-state index in [0.29, 0.717) is 22.8 Å². The van der Waals surface area contributed by atoms with Crippen LogP contribution in [0.3, 0.4) is 0 Å². The summed E-state index contributed by atoms with van der Waals surface area (Å²) >= 11 is 0. The Morgan fingerprint density at radius 1 is 1.00 bits per heavy atom. The molecular formula is C18H18N4O2. The number of amides is 1. The van der Waals surface area contributed by atoms with E-state index in [4.69, 9.17) is 4.52 Å². The van der Waals surface area contributed by atoms with Crippen molar-refractivity contribution >= 4 is 23.1 Å². The van der Waals surface area contributed by atoms with Crippen molar-refractivity contribution < 1.29 is 9.32 Å². The van der Waals surface area contributed by atoms with Crippen molar-refractivity contribution in [1.82, 2.24) is 10.1 Å². The summed E-state index contributed by atoms with van der Waals surface area (Å²) in [4.78, 5) is 16.5. The van der Waals surface area contributed by atoms with Gasteiger partial charge in [-0.3, -0.25) is 9.78 Å².